The van der Waals surface area contributed by atoms with Crippen molar-refractivity contribution in [2.45, 2.75) is 35.5 Å². The van der Waals surface area contributed by atoms with Crippen molar-refractivity contribution in [2.75, 3.05) is 14.2 Å². The fourth-order valence-corrected chi connectivity index (χ4v) is 8.16. The van der Waals surface area contributed by atoms with Gasteiger partial charge in [-0.25, -0.2) is 0 Å². The van der Waals surface area contributed by atoms with Gasteiger partial charge in [-0.05, 0) is 54.7 Å². The highest BCUT2D eigenvalue weighted by molar-refractivity contribution is 8.00. The van der Waals surface area contributed by atoms with E-state index in [-0.39, 0.29) is 4.87 Å². The zero-order valence-corrected chi connectivity index (χ0v) is 15.9. The van der Waals surface area contributed by atoms with Crippen LogP contribution in [-0.4, -0.2) is 24.5 Å². The van der Waals surface area contributed by atoms with E-state index in [4.69, 9.17) is 9.47 Å². The highest BCUT2D eigenvalue weighted by Gasteiger charge is 2.54. The fraction of sp³-hybridized carbons (Fsp3) is 0.526. The third kappa shape index (κ3) is 2.30. The molecule has 6 heteroatoms. The maximum Gasteiger partial charge on any atom is 0.305 e. The van der Waals surface area contributed by atoms with Crippen molar-refractivity contribution in [1.82, 2.24) is 4.98 Å². The predicted octanol–water partition coefficient (Wildman–Crippen LogP) is 4.11. The molecule has 1 aromatic heterocycles. The molecule has 2 aromatic rings. The van der Waals surface area contributed by atoms with Gasteiger partial charge in [0.05, 0.1) is 19.2 Å². The van der Waals surface area contributed by atoms with Gasteiger partial charge in [-0.2, -0.15) is 0 Å². The molecule has 2 saturated carbocycles. The van der Waals surface area contributed by atoms with E-state index in [0.29, 0.717) is 17.1 Å². The first-order valence-corrected chi connectivity index (χ1v) is 10.5. The SMILES string of the molecule is COc1ccc([C@H]2c3sc(=O)[nH]c3S[C@H]3[C@@H]4CC[C@@H](C4)[C@H]23)cc1OC. The van der Waals surface area contributed by atoms with Crippen molar-refractivity contribution < 1.29 is 9.47 Å². The van der Waals surface area contributed by atoms with E-state index in [1.54, 1.807) is 14.2 Å². The highest BCUT2D eigenvalue weighted by atomic mass is 32.2. The zero-order chi connectivity index (χ0) is 17.1. The average molecular weight is 376 g/mol. The molecule has 0 spiro atoms. The first kappa shape index (κ1) is 15.8. The Balaban J connectivity index is 1.66. The fourth-order valence-electron chi connectivity index (χ4n) is 5.27. The topological polar surface area (TPSA) is 51.3 Å². The average Bonchev–Trinajstić information content (AvgIpc) is 3.32. The Bertz CT molecular complexity index is 874. The molecule has 0 saturated heterocycles. The maximum atomic E-state index is 12.1. The van der Waals surface area contributed by atoms with Gasteiger partial charge in [0.25, 0.3) is 0 Å². The van der Waals surface area contributed by atoms with E-state index in [1.165, 1.54) is 41.0 Å². The lowest BCUT2D eigenvalue weighted by Gasteiger charge is -2.40. The van der Waals surface area contributed by atoms with Gasteiger partial charge in [0.15, 0.2) is 11.5 Å². The van der Waals surface area contributed by atoms with Gasteiger partial charge in [-0.15, -0.1) is 11.8 Å². The normalized spacial score (nSPS) is 32.3. The third-order valence-corrected chi connectivity index (χ3v) is 8.86. The first-order valence-electron chi connectivity index (χ1n) is 8.81. The molecule has 2 aliphatic carbocycles. The maximum absolute atomic E-state index is 12.1. The van der Waals surface area contributed by atoms with Gasteiger partial charge in [-0.1, -0.05) is 17.4 Å². The molecule has 0 unspecified atom stereocenters. The molecule has 3 aliphatic rings. The van der Waals surface area contributed by atoms with Gasteiger partial charge in [0.2, 0.25) is 0 Å². The number of thiazole rings is 1. The molecule has 1 aromatic carbocycles. The Hall–Kier alpha value is -1.40. The molecule has 5 rings (SSSR count). The monoisotopic (exact) mass is 375 g/mol. The number of ether oxygens (including phenoxy) is 2. The van der Waals surface area contributed by atoms with Crippen LogP contribution in [0.4, 0.5) is 0 Å². The number of H-pyrrole nitrogens is 1. The van der Waals surface area contributed by atoms with Crippen LogP contribution in [0, 0.1) is 17.8 Å². The molecule has 0 amide bonds. The number of fused-ring (bicyclic) bond motifs is 6. The van der Waals surface area contributed by atoms with E-state index in [1.807, 2.05) is 17.8 Å². The molecule has 25 heavy (non-hydrogen) atoms. The Labute approximate surface area is 154 Å². The van der Waals surface area contributed by atoms with Crippen LogP contribution >= 0.6 is 23.1 Å². The van der Waals surface area contributed by atoms with Crippen LogP contribution in [0.25, 0.3) is 0 Å². The van der Waals surface area contributed by atoms with Crippen molar-refractivity contribution in [3.63, 3.8) is 0 Å². The van der Waals surface area contributed by atoms with Gasteiger partial charge >= 0.3 is 4.87 Å². The van der Waals surface area contributed by atoms with Crippen LogP contribution in [0.5, 0.6) is 11.5 Å². The molecule has 132 valence electrons. The van der Waals surface area contributed by atoms with Crippen molar-refractivity contribution in [3.05, 3.63) is 38.3 Å². The number of hydrogen-bond donors (Lipinski definition) is 1. The van der Waals surface area contributed by atoms with Crippen LogP contribution < -0.4 is 14.3 Å². The Morgan fingerprint density at radius 3 is 2.72 bits per heavy atom. The molecule has 2 bridgehead atoms. The van der Waals surface area contributed by atoms with Crippen LogP contribution in [0.1, 0.15) is 35.6 Å². The van der Waals surface area contributed by atoms with Crippen molar-refractivity contribution in [1.29, 1.82) is 0 Å². The third-order valence-electron chi connectivity index (χ3n) is 6.23. The number of nitrogens with one attached hydrogen (secondary N) is 1. The molecule has 2 heterocycles. The van der Waals surface area contributed by atoms with Crippen LogP contribution in [0.2, 0.25) is 0 Å². The number of benzene rings is 1. The summed E-state index contributed by atoms with van der Waals surface area (Å²) in [7, 11) is 3.34. The van der Waals surface area contributed by atoms with Gasteiger partial charge < -0.3 is 14.5 Å². The second-order valence-corrected chi connectivity index (χ2v) is 9.50. The van der Waals surface area contributed by atoms with E-state index in [9.17, 15) is 4.79 Å². The summed E-state index contributed by atoms with van der Waals surface area (Å²) in [4.78, 5) is 16.4. The van der Waals surface area contributed by atoms with Crippen LogP contribution in [0.3, 0.4) is 0 Å². The minimum atomic E-state index is 0.0651. The zero-order valence-electron chi connectivity index (χ0n) is 14.3. The quantitative estimate of drug-likeness (QED) is 0.877. The van der Waals surface area contributed by atoms with Gasteiger partial charge in [0, 0.05) is 16.0 Å². The van der Waals surface area contributed by atoms with E-state index in [0.717, 1.165) is 28.4 Å². The second-order valence-electron chi connectivity index (χ2n) is 7.29. The number of aromatic nitrogens is 1. The predicted molar refractivity (Wildman–Crippen MR) is 100 cm³/mol. The molecular formula is C19H21NO3S2. The molecule has 4 nitrogen and oxygen atoms in total. The number of hydrogen-bond acceptors (Lipinski definition) is 5. The van der Waals surface area contributed by atoms with E-state index >= 15 is 0 Å². The number of rotatable bonds is 3. The lowest BCUT2D eigenvalue weighted by Crippen LogP contribution is -2.33. The lowest BCUT2D eigenvalue weighted by molar-refractivity contribution is 0.306. The molecule has 5 atom stereocenters. The van der Waals surface area contributed by atoms with Crippen molar-refractivity contribution >= 4 is 23.1 Å². The molecule has 2 fully saturated rings. The number of thioether (sulfide) groups is 1. The summed E-state index contributed by atoms with van der Waals surface area (Å²) >= 11 is 3.32. The number of aromatic amines is 1. The summed E-state index contributed by atoms with van der Waals surface area (Å²) in [5, 5.41) is 1.73. The second kappa shape index (κ2) is 5.81. The summed E-state index contributed by atoms with van der Waals surface area (Å²) in [6.07, 6.45) is 4.04. The smallest absolute Gasteiger partial charge is 0.305 e. The molecule has 1 N–H and O–H groups in total. The largest absolute Gasteiger partial charge is 0.493 e. The Morgan fingerprint density at radius 1 is 1.12 bits per heavy atom. The molecular weight excluding hydrogens is 354 g/mol. The molecule has 1 aliphatic heterocycles. The summed E-state index contributed by atoms with van der Waals surface area (Å²) in [5.74, 6) is 4.03. The first-order chi connectivity index (χ1) is 12.2. The van der Waals surface area contributed by atoms with Gasteiger partial charge in [0.1, 0.15) is 0 Å². The standard InChI is InChI=1S/C19H21NO3S2/c1-22-12-6-5-10(8-13(12)23-2)15-14-9-3-4-11(7-9)16(14)24-18-17(15)25-19(21)20-18/h5-6,8-9,11,14-16H,3-4,7H2,1-2H3,(H,20,21)/t9-,11+,14+,15+,16-/m0/s1. The summed E-state index contributed by atoms with van der Waals surface area (Å²) in [6, 6.07) is 6.25. The summed E-state index contributed by atoms with van der Waals surface area (Å²) < 4.78 is 10.9. The highest BCUT2D eigenvalue weighted by Crippen LogP contribution is 2.63. The van der Waals surface area contributed by atoms with E-state index < -0.39 is 0 Å². The number of methoxy groups -OCH3 is 2. The minimum absolute atomic E-state index is 0.0651. The Kier molecular flexibility index (Phi) is 3.68. The summed E-state index contributed by atoms with van der Waals surface area (Å²) in [6.45, 7) is 0. The van der Waals surface area contributed by atoms with Crippen molar-refractivity contribution in [3.8, 4) is 11.5 Å². The van der Waals surface area contributed by atoms with Gasteiger partial charge in [-0.3, -0.25) is 4.79 Å². The lowest BCUT2D eigenvalue weighted by atomic mass is 9.75. The summed E-state index contributed by atoms with van der Waals surface area (Å²) in [5.41, 5.74) is 1.25. The molecule has 0 radical (unpaired) electrons. The minimum Gasteiger partial charge on any atom is -0.493 e. The van der Waals surface area contributed by atoms with E-state index in [2.05, 4.69) is 17.1 Å². The Morgan fingerprint density at radius 2 is 1.92 bits per heavy atom. The van der Waals surface area contributed by atoms with Crippen LogP contribution in [-0.2, 0) is 0 Å². The van der Waals surface area contributed by atoms with Crippen molar-refractivity contribution in [2.24, 2.45) is 17.8 Å². The van der Waals surface area contributed by atoms with Crippen LogP contribution in [0.15, 0.2) is 28.0 Å².